The van der Waals surface area contributed by atoms with Crippen molar-refractivity contribution in [3.8, 4) is 17.3 Å². The quantitative estimate of drug-likeness (QED) is 0.761. The van der Waals surface area contributed by atoms with Crippen molar-refractivity contribution in [2.45, 2.75) is 12.5 Å². The van der Waals surface area contributed by atoms with Gasteiger partial charge in [0.05, 0.1) is 17.8 Å². The highest BCUT2D eigenvalue weighted by Crippen LogP contribution is 2.21. The van der Waals surface area contributed by atoms with Gasteiger partial charge >= 0.3 is 0 Å². The fourth-order valence-corrected chi connectivity index (χ4v) is 2.20. The molecule has 4 nitrogen and oxygen atoms in total. The van der Waals surface area contributed by atoms with Crippen LogP contribution < -0.4 is 5.73 Å². The molecule has 98 valence electrons. The summed E-state index contributed by atoms with van der Waals surface area (Å²) in [5.41, 5.74) is 9.55. The van der Waals surface area contributed by atoms with E-state index in [1.807, 2.05) is 54.7 Å². The first-order valence-electron chi connectivity index (χ1n) is 6.45. The summed E-state index contributed by atoms with van der Waals surface area (Å²) in [5.74, 6) is 0. The van der Waals surface area contributed by atoms with E-state index >= 15 is 0 Å². The molecule has 0 aliphatic carbocycles. The van der Waals surface area contributed by atoms with E-state index in [9.17, 15) is 0 Å². The van der Waals surface area contributed by atoms with E-state index in [-0.39, 0.29) is 0 Å². The zero-order valence-corrected chi connectivity index (χ0v) is 10.9. The molecule has 0 aliphatic rings. The average molecular weight is 262 g/mol. The fourth-order valence-electron chi connectivity index (χ4n) is 2.20. The molecular formula is C16H14N4. The van der Waals surface area contributed by atoms with Crippen LogP contribution in [0.25, 0.3) is 22.3 Å². The summed E-state index contributed by atoms with van der Waals surface area (Å²) in [6, 6.07) is 15.6. The molecule has 3 aromatic rings. The summed E-state index contributed by atoms with van der Waals surface area (Å²) in [7, 11) is 0. The third-order valence-corrected chi connectivity index (χ3v) is 3.28. The first kappa shape index (κ1) is 12.4. The number of fused-ring (bicyclic) bond motifs is 1. The molecule has 0 amide bonds. The predicted octanol–water partition coefficient (Wildman–Crippen LogP) is 2.62. The van der Waals surface area contributed by atoms with Gasteiger partial charge in [0.25, 0.3) is 0 Å². The summed E-state index contributed by atoms with van der Waals surface area (Å²) in [6.45, 7) is 0. The van der Waals surface area contributed by atoms with E-state index in [0.717, 1.165) is 27.9 Å². The second-order valence-corrected chi connectivity index (χ2v) is 4.75. The van der Waals surface area contributed by atoms with Crippen LogP contribution in [0.4, 0.5) is 0 Å². The Morgan fingerprint density at radius 1 is 1.15 bits per heavy atom. The van der Waals surface area contributed by atoms with E-state index in [2.05, 4.69) is 9.97 Å². The lowest BCUT2D eigenvalue weighted by Crippen LogP contribution is -2.19. The number of nitrogens with one attached hydrogen (secondary N) is 1. The standard InChI is InChI=1S/C16H14N4/c17-10-14(18)9-11-1-3-12(4-2-11)15-6-5-13-7-8-19-16(13)20-15/h1-8,14H,9,18H2,(H,19,20)/t14-/m0/s1. The van der Waals surface area contributed by atoms with Crippen molar-refractivity contribution in [3.63, 3.8) is 0 Å². The van der Waals surface area contributed by atoms with Crippen molar-refractivity contribution in [2.24, 2.45) is 5.73 Å². The van der Waals surface area contributed by atoms with Crippen molar-refractivity contribution in [1.29, 1.82) is 5.26 Å². The molecule has 2 heterocycles. The van der Waals surface area contributed by atoms with Gasteiger partial charge in [-0.25, -0.2) is 4.98 Å². The topological polar surface area (TPSA) is 78.5 Å². The first-order chi connectivity index (χ1) is 9.76. The lowest BCUT2D eigenvalue weighted by Gasteiger charge is -2.05. The van der Waals surface area contributed by atoms with Gasteiger partial charge in [-0.2, -0.15) is 5.26 Å². The minimum atomic E-state index is -0.450. The van der Waals surface area contributed by atoms with E-state index in [0.29, 0.717) is 6.42 Å². The highest BCUT2D eigenvalue weighted by atomic mass is 14.8. The van der Waals surface area contributed by atoms with Crippen LogP contribution in [0.2, 0.25) is 0 Å². The molecule has 0 saturated heterocycles. The van der Waals surface area contributed by atoms with Crippen LogP contribution in [0.1, 0.15) is 5.56 Å². The number of nitrogens with two attached hydrogens (primary N) is 1. The zero-order valence-electron chi connectivity index (χ0n) is 10.9. The molecule has 1 atom stereocenters. The number of benzene rings is 1. The SMILES string of the molecule is N#C[C@@H](N)Cc1ccc(-c2ccc3cc[nH]c3n2)cc1. The van der Waals surface area contributed by atoms with E-state index in [1.54, 1.807) is 0 Å². The second-order valence-electron chi connectivity index (χ2n) is 4.75. The highest BCUT2D eigenvalue weighted by Gasteiger charge is 2.05. The van der Waals surface area contributed by atoms with Crippen LogP contribution in [-0.4, -0.2) is 16.0 Å². The zero-order chi connectivity index (χ0) is 13.9. The maximum absolute atomic E-state index is 8.72. The van der Waals surface area contributed by atoms with Gasteiger partial charge in [-0.1, -0.05) is 24.3 Å². The first-order valence-corrected chi connectivity index (χ1v) is 6.45. The van der Waals surface area contributed by atoms with Crippen LogP contribution in [0.15, 0.2) is 48.7 Å². The number of nitriles is 1. The summed E-state index contributed by atoms with van der Waals surface area (Å²) < 4.78 is 0. The van der Waals surface area contributed by atoms with Crippen molar-refractivity contribution < 1.29 is 0 Å². The van der Waals surface area contributed by atoms with E-state index in [4.69, 9.17) is 11.0 Å². The van der Waals surface area contributed by atoms with Crippen LogP contribution >= 0.6 is 0 Å². The smallest absolute Gasteiger partial charge is 0.137 e. The normalized spacial score (nSPS) is 12.2. The molecule has 3 rings (SSSR count). The van der Waals surface area contributed by atoms with Crippen LogP contribution in [0.5, 0.6) is 0 Å². The molecule has 1 aromatic carbocycles. The molecule has 0 aliphatic heterocycles. The molecule has 0 saturated carbocycles. The van der Waals surface area contributed by atoms with Gasteiger partial charge in [0.15, 0.2) is 0 Å². The molecule has 0 fully saturated rings. The molecule has 3 N–H and O–H groups in total. The Morgan fingerprint density at radius 2 is 1.95 bits per heavy atom. The molecular weight excluding hydrogens is 248 g/mol. The van der Waals surface area contributed by atoms with Crippen molar-refractivity contribution in [1.82, 2.24) is 9.97 Å². The van der Waals surface area contributed by atoms with Gasteiger partial charge in [-0.3, -0.25) is 0 Å². The number of aromatic amines is 1. The fraction of sp³-hybridized carbons (Fsp3) is 0.125. The third kappa shape index (κ3) is 2.40. The summed E-state index contributed by atoms with van der Waals surface area (Å²) in [4.78, 5) is 7.69. The van der Waals surface area contributed by atoms with Crippen LogP contribution in [0, 0.1) is 11.3 Å². The van der Waals surface area contributed by atoms with Crippen LogP contribution in [0.3, 0.4) is 0 Å². The number of nitrogens with zero attached hydrogens (tertiary/aromatic N) is 2. The molecule has 0 radical (unpaired) electrons. The number of hydrogen-bond acceptors (Lipinski definition) is 3. The Labute approximate surface area is 116 Å². The minimum absolute atomic E-state index is 0.450. The predicted molar refractivity (Wildman–Crippen MR) is 78.8 cm³/mol. The Morgan fingerprint density at radius 3 is 2.70 bits per heavy atom. The van der Waals surface area contributed by atoms with Crippen LogP contribution in [-0.2, 0) is 6.42 Å². The maximum Gasteiger partial charge on any atom is 0.137 e. The molecule has 20 heavy (non-hydrogen) atoms. The Hall–Kier alpha value is -2.64. The van der Waals surface area contributed by atoms with Gasteiger partial charge in [0.2, 0.25) is 0 Å². The van der Waals surface area contributed by atoms with Crippen molar-refractivity contribution >= 4 is 11.0 Å². The molecule has 4 heteroatoms. The van der Waals surface area contributed by atoms with E-state index < -0.39 is 6.04 Å². The highest BCUT2D eigenvalue weighted by molar-refractivity contribution is 5.78. The average Bonchev–Trinajstić information content (AvgIpc) is 2.95. The summed E-state index contributed by atoms with van der Waals surface area (Å²) in [6.07, 6.45) is 2.45. The number of pyridine rings is 1. The van der Waals surface area contributed by atoms with Gasteiger partial charge in [0, 0.05) is 23.6 Å². The third-order valence-electron chi connectivity index (χ3n) is 3.28. The largest absolute Gasteiger partial charge is 0.346 e. The Balaban J connectivity index is 1.88. The molecule has 0 unspecified atom stereocenters. The summed E-state index contributed by atoms with van der Waals surface area (Å²) >= 11 is 0. The number of aromatic nitrogens is 2. The molecule has 0 bridgehead atoms. The second kappa shape index (κ2) is 5.16. The van der Waals surface area contributed by atoms with Crippen molar-refractivity contribution in [3.05, 3.63) is 54.2 Å². The Kier molecular flexibility index (Phi) is 3.20. The lowest BCUT2D eigenvalue weighted by molar-refractivity contribution is 0.823. The summed E-state index contributed by atoms with van der Waals surface area (Å²) in [5, 5.41) is 9.82. The lowest BCUT2D eigenvalue weighted by atomic mass is 10.0. The van der Waals surface area contributed by atoms with Gasteiger partial charge in [0.1, 0.15) is 5.65 Å². The maximum atomic E-state index is 8.72. The van der Waals surface area contributed by atoms with Gasteiger partial charge in [-0.05, 0) is 23.8 Å². The number of H-pyrrole nitrogens is 1. The van der Waals surface area contributed by atoms with E-state index in [1.165, 1.54) is 0 Å². The van der Waals surface area contributed by atoms with Gasteiger partial charge < -0.3 is 10.7 Å². The molecule has 0 spiro atoms. The van der Waals surface area contributed by atoms with Crippen molar-refractivity contribution in [2.75, 3.05) is 0 Å². The number of rotatable bonds is 3. The number of hydrogen-bond donors (Lipinski definition) is 2. The monoisotopic (exact) mass is 262 g/mol. The minimum Gasteiger partial charge on any atom is -0.346 e. The molecule has 2 aromatic heterocycles. The van der Waals surface area contributed by atoms with Gasteiger partial charge in [-0.15, -0.1) is 0 Å². The Bertz CT molecular complexity index is 765.